The molecule has 0 amide bonds. The summed E-state index contributed by atoms with van der Waals surface area (Å²) in [6, 6.07) is 5.04. The number of aromatic amines is 1. The number of carbonyl (C=O) groups is 2. The van der Waals surface area contributed by atoms with E-state index in [4.69, 9.17) is 32.7 Å². The maximum Gasteiger partial charge on any atom is 0.336 e. The number of nitrogens with zero attached hydrogens (tertiary/aromatic N) is 1. The van der Waals surface area contributed by atoms with Gasteiger partial charge in [-0.1, -0.05) is 23.2 Å². The highest BCUT2D eigenvalue weighted by Gasteiger charge is 2.39. The van der Waals surface area contributed by atoms with E-state index >= 15 is 0 Å². The second-order valence-corrected chi connectivity index (χ2v) is 7.29. The molecule has 0 saturated carbocycles. The Morgan fingerprint density at radius 2 is 1.62 bits per heavy atom. The van der Waals surface area contributed by atoms with Crippen LogP contribution in [0.15, 0.2) is 46.9 Å². The minimum Gasteiger partial charge on any atom is -0.466 e. The number of ether oxygens (including phenoxy) is 2. The molecule has 152 valence electrons. The lowest BCUT2D eigenvalue weighted by atomic mass is 9.79. The molecule has 0 atom stereocenters. The lowest BCUT2D eigenvalue weighted by Crippen LogP contribution is -2.32. The summed E-state index contributed by atoms with van der Waals surface area (Å²) in [6.45, 7) is 3.48. The third kappa shape index (κ3) is 3.75. The maximum absolute atomic E-state index is 12.6. The number of dihydropyridines is 1. The van der Waals surface area contributed by atoms with E-state index in [0.717, 1.165) is 0 Å². The predicted octanol–water partition coefficient (Wildman–Crippen LogP) is 3.96. The van der Waals surface area contributed by atoms with E-state index in [2.05, 4.69) is 15.5 Å². The molecule has 0 aliphatic carbocycles. The number of nitrogens with one attached hydrogen (secondary N) is 2. The number of methoxy groups -OCH3 is 2. The van der Waals surface area contributed by atoms with Gasteiger partial charge in [0.2, 0.25) is 0 Å². The predicted molar refractivity (Wildman–Crippen MR) is 109 cm³/mol. The van der Waals surface area contributed by atoms with Gasteiger partial charge in [0.15, 0.2) is 0 Å². The van der Waals surface area contributed by atoms with Crippen LogP contribution in [0.4, 0.5) is 0 Å². The first-order chi connectivity index (χ1) is 13.8. The van der Waals surface area contributed by atoms with Gasteiger partial charge in [0.25, 0.3) is 0 Å². The van der Waals surface area contributed by atoms with Crippen LogP contribution in [-0.2, 0) is 19.1 Å². The van der Waals surface area contributed by atoms with Gasteiger partial charge in [-0.3, -0.25) is 5.10 Å². The van der Waals surface area contributed by atoms with Crippen molar-refractivity contribution in [1.29, 1.82) is 0 Å². The Balaban J connectivity index is 2.27. The van der Waals surface area contributed by atoms with Crippen molar-refractivity contribution in [2.24, 2.45) is 0 Å². The molecule has 0 radical (unpaired) electrons. The largest absolute Gasteiger partial charge is 0.466 e. The number of H-pyrrole nitrogens is 1. The SMILES string of the molecule is COC(=O)C1=C(C)NC(C)=C(C(=O)OC)C1c1cn[nH]c1-c1ccc(Cl)cc1Cl. The average molecular weight is 436 g/mol. The summed E-state index contributed by atoms with van der Waals surface area (Å²) in [5.74, 6) is -1.90. The quantitative estimate of drug-likeness (QED) is 0.705. The Morgan fingerprint density at radius 3 is 2.14 bits per heavy atom. The molecule has 1 aromatic heterocycles. The van der Waals surface area contributed by atoms with Crippen LogP contribution >= 0.6 is 23.2 Å². The minimum absolute atomic E-state index is 0.284. The second kappa shape index (κ2) is 8.31. The van der Waals surface area contributed by atoms with Gasteiger partial charge in [-0.25, -0.2) is 9.59 Å². The van der Waals surface area contributed by atoms with Crippen molar-refractivity contribution in [2.45, 2.75) is 19.8 Å². The van der Waals surface area contributed by atoms with E-state index in [1.54, 1.807) is 38.2 Å². The molecule has 7 nitrogen and oxygen atoms in total. The van der Waals surface area contributed by atoms with Gasteiger partial charge in [-0.05, 0) is 32.0 Å². The van der Waals surface area contributed by atoms with Gasteiger partial charge in [0.1, 0.15) is 0 Å². The number of hydrogen-bond acceptors (Lipinski definition) is 6. The van der Waals surface area contributed by atoms with E-state index in [-0.39, 0.29) is 11.1 Å². The van der Waals surface area contributed by atoms with Crippen LogP contribution in [0.25, 0.3) is 11.3 Å². The molecule has 2 N–H and O–H groups in total. The number of halogens is 2. The van der Waals surface area contributed by atoms with E-state index < -0.39 is 17.9 Å². The molecule has 0 saturated heterocycles. The van der Waals surface area contributed by atoms with Crippen LogP contribution in [0.2, 0.25) is 10.0 Å². The number of hydrogen-bond donors (Lipinski definition) is 2. The van der Waals surface area contributed by atoms with Crippen LogP contribution in [0.5, 0.6) is 0 Å². The summed E-state index contributed by atoms with van der Waals surface area (Å²) in [5, 5.41) is 11.0. The van der Waals surface area contributed by atoms with Crippen LogP contribution in [-0.4, -0.2) is 36.4 Å². The maximum atomic E-state index is 12.6. The molecule has 9 heteroatoms. The first-order valence-corrected chi connectivity index (χ1v) is 9.39. The molecule has 29 heavy (non-hydrogen) atoms. The Kier molecular flexibility index (Phi) is 6.00. The number of benzene rings is 1. The molecule has 0 fully saturated rings. The second-order valence-electron chi connectivity index (χ2n) is 6.44. The number of allylic oxidation sites excluding steroid dienone is 2. The van der Waals surface area contributed by atoms with Gasteiger partial charge >= 0.3 is 11.9 Å². The summed E-state index contributed by atoms with van der Waals surface area (Å²) in [4.78, 5) is 25.3. The highest BCUT2D eigenvalue weighted by Crippen LogP contribution is 2.43. The van der Waals surface area contributed by atoms with Gasteiger partial charge in [0, 0.05) is 27.5 Å². The molecule has 1 aromatic carbocycles. The molecule has 0 unspecified atom stereocenters. The van der Waals surface area contributed by atoms with Crippen molar-refractivity contribution < 1.29 is 19.1 Å². The van der Waals surface area contributed by atoms with Gasteiger partial charge in [-0.15, -0.1) is 0 Å². The third-order valence-electron chi connectivity index (χ3n) is 4.75. The molecule has 1 aliphatic rings. The van der Waals surface area contributed by atoms with Gasteiger partial charge < -0.3 is 14.8 Å². The Bertz CT molecular complexity index is 1020. The van der Waals surface area contributed by atoms with Crippen molar-refractivity contribution >= 4 is 35.1 Å². The summed E-state index contributed by atoms with van der Waals surface area (Å²) in [5.41, 5.74) is 3.48. The lowest BCUT2D eigenvalue weighted by molar-refractivity contribution is -0.137. The zero-order valence-electron chi connectivity index (χ0n) is 16.2. The Hall–Kier alpha value is -2.77. The summed E-state index contributed by atoms with van der Waals surface area (Å²) in [7, 11) is 2.57. The number of esters is 2. The molecular formula is C20H19Cl2N3O4. The smallest absolute Gasteiger partial charge is 0.336 e. The fourth-order valence-electron chi connectivity index (χ4n) is 3.49. The standard InChI is InChI=1S/C20H19Cl2N3O4/c1-9-15(19(26)28-3)17(16(10(2)24-9)20(27)29-4)13-8-23-25-18(13)12-6-5-11(21)7-14(12)22/h5-8,17,24H,1-4H3,(H,23,25). The van der Waals surface area contributed by atoms with Crippen LogP contribution in [0, 0.1) is 0 Å². The molecule has 0 bridgehead atoms. The Labute approximate surface area is 177 Å². The monoisotopic (exact) mass is 435 g/mol. The molecular weight excluding hydrogens is 417 g/mol. The van der Waals surface area contributed by atoms with E-state index in [1.807, 2.05) is 0 Å². The number of carbonyl (C=O) groups excluding carboxylic acids is 2. The van der Waals surface area contributed by atoms with Crippen LogP contribution in [0.3, 0.4) is 0 Å². The lowest BCUT2D eigenvalue weighted by Gasteiger charge is -2.29. The third-order valence-corrected chi connectivity index (χ3v) is 5.30. The highest BCUT2D eigenvalue weighted by molar-refractivity contribution is 6.36. The van der Waals surface area contributed by atoms with Crippen molar-refractivity contribution in [3.63, 3.8) is 0 Å². The normalized spacial score (nSPS) is 14.7. The summed E-state index contributed by atoms with van der Waals surface area (Å²) >= 11 is 12.4. The molecule has 1 aliphatic heterocycles. The molecule has 2 aromatic rings. The molecule has 0 spiro atoms. The highest BCUT2D eigenvalue weighted by atomic mass is 35.5. The first-order valence-electron chi connectivity index (χ1n) is 8.64. The van der Waals surface area contributed by atoms with E-state index in [9.17, 15) is 9.59 Å². The fourth-order valence-corrected chi connectivity index (χ4v) is 3.99. The number of rotatable bonds is 4. The topological polar surface area (TPSA) is 93.3 Å². The summed E-state index contributed by atoms with van der Waals surface area (Å²) in [6.07, 6.45) is 1.56. The zero-order chi connectivity index (χ0) is 21.3. The molecule has 2 heterocycles. The van der Waals surface area contributed by atoms with Crippen molar-refractivity contribution in [3.8, 4) is 11.3 Å². The van der Waals surface area contributed by atoms with Crippen LogP contribution in [0.1, 0.15) is 25.3 Å². The van der Waals surface area contributed by atoms with Crippen molar-refractivity contribution in [2.75, 3.05) is 14.2 Å². The van der Waals surface area contributed by atoms with Gasteiger partial charge in [0.05, 0.1) is 48.2 Å². The van der Waals surface area contributed by atoms with Crippen LogP contribution < -0.4 is 5.32 Å². The van der Waals surface area contributed by atoms with E-state index in [1.165, 1.54) is 14.2 Å². The Morgan fingerprint density at radius 1 is 1.03 bits per heavy atom. The average Bonchev–Trinajstić information content (AvgIpc) is 3.15. The fraction of sp³-hybridized carbons (Fsp3) is 0.250. The molecule has 3 rings (SSSR count). The first kappa shape index (κ1) is 21.0. The number of aromatic nitrogens is 2. The van der Waals surface area contributed by atoms with Gasteiger partial charge in [-0.2, -0.15) is 5.10 Å². The zero-order valence-corrected chi connectivity index (χ0v) is 17.7. The van der Waals surface area contributed by atoms with E-state index in [0.29, 0.717) is 38.3 Å². The van der Waals surface area contributed by atoms with Crippen molar-refractivity contribution in [3.05, 3.63) is 62.5 Å². The minimum atomic E-state index is -0.767. The summed E-state index contributed by atoms with van der Waals surface area (Å²) < 4.78 is 9.97. The van der Waals surface area contributed by atoms with Crippen molar-refractivity contribution in [1.82, 2.24) is 15.5 Å².